The van der Waals surface area contributed by atoms with Crippen LogP contribution in [0.2, 0.25) is 0 Å². The largest absolute Gasteiger partial charge is 0.490 e. The fourth-order valence-electron chi connectivity index (χ4n) is 2.23. The SMILES string of the molecule is CC1OCC2(COc3cc(Br)ccc32)NC1=O. The monoisotopic (exact) mass is 297 g/mol. The number of hydrogen-bond donors (Lipinski definition) is 1. The molecule has 1 amide bonds. The smallest absolute Gasteiger partial charge is 0.249 e. The molecule has 0 aromatic heterocycles. The van der Waals surface area contributed by atoms with E-state index in [1.54, 1.807) is 6.92 Å². The molecule has 2 atom stereocenters. The second kappa shape index (κ2) is 3.71. The minimum atomic E-state index is -0.514. The summed E-state index contributed by atoms with van der Waals surface area (Å²) in [6.45, 7) is 2.63. The zero-order chi connectivity index (χ0) is 12.0. The lowest BCUT2D eigenvalue weighted by Crippen LogP contribution is -2.58. The molecule has 1 saturated heterocycles. The molecular weight excluding hydrogens is 286 g/mol. The van der Waals surface area contributed by atoms with Gasteiger partial charge in [0.15, 0.2) is 0 Å². The van der Waals surface area contributed by atoms with E-state index in [9.17, 15) is 4.79 Å². The normalized spacial score (nSPS) is 30.9. The minimum absolute atomic E-state index is 0.0874. The Kier molecular flexibility index (Phi) is 2.41. The van der Waals surface area contributed by atoms with Gasteiger partial charge in [0.05, 0.1) is 6.61 Å². The lowest BCUT2D eigenvalue weighted by atomic mass is 9.91. The molecule has 1 spiro atoms. The third kappa shape index (κ3) is 1.65. The number of hydrogen-bond acceptors (Lipinski definition) is 3. The van der Waals surface area contributed by atoms with Crippen LogP contribution in [0.1, 0.15) is 12.5 Å². The van der Waals surface area contributed by atoms with Gasteiger partial charge >= 0.3 is 0 Å². The molecule has 5 heteroatoms. The summed E-state index contributed by atoms with van der Waals surface area (Å²) in [6.07, 6.45) is -0.389. The molecule has 1 aromatic carbocycles. The van der Waals surface area contributed by atoms with Crippen molar-refractivity contribution in [2.75, 3.05) is 13.2 Å². The Bertz CT molecular complexity index is 491. The highest BCUT2D eigenvalue weighted by Gasteiger charge is 2.46. The third-order valence-corrected chi connectivity index (χ3v) is 3.74. The van der Waals surface area contributed by atoms with E-state index in [4.69, 9.17) is 9.47 Å². The predicted octanol–water partition coefficient (Wildman–Crippen LogP) is 1.57. The summed E-state index contributed by atoms with van der Waals surface area (Å²) in [4.78, 5) is 11.7. The van der Waals surface area contributed by atoms with Gasteiger partial charge in [-0.15, -0.1) is 0 Å². The zero-order valence-electron chi connectivity index (χ0n) is 9.33. The van der Waals surface area contributed by atoms with Gasteiger partial charge in [-0.3, -0.25) is 4.79 Å². The number of ether oxygens (including phenoxy) is 2. The summed E-state index contributed by atoms with van der Waals surface area (Å²) >= 11 is 3.40. The number of carbonyl (C=O) groups is 1. The van der Waals surface area contributed by atoms with Crippen LogP contribution in [-0.2, 0) is 15.1 Å². The topological polar surface area (TPSA) is 47.6 Å². The van der Waals surface area contributed by atoms with Gasteiger partial charge in [-0.1, -0.05) is 22.0 Å². The van der Waals surface area contributed by atoms with Crippen molar-refractivity contribution in [1.29, 1.82) is 0 Å². The molecule has 1 aromatic rings. The van der Waals surface area contributed by atoms with E-state index in [1.165, 1.54) is 0 Å². The van der Waals surface area contributed by atoms with Crippen LogP contribution < -0.4 is 10.1 Å². The molecule has 0 saturated carbocycles. The Morgan fingerprint density at radius 2 is 2.29 bits per heavy atom. The first kappa shape index (κ1) is 11.0. The summed E-state index contributed by atoms with van der Waals surface area (Å²) in [5.41, 5.74) is 0.473. The fourth-order valence-corrected chi connectivity index (χ4v) is 2.57. The molecule has 0 bridgehead atoms. The third-order valence-electron chi connectivity index (χ3n) is 3.24. The van der Waals surface area contributed by atoms with Crippen LogP contribution in [-0.4, -0.2) is 25.2 Å². The van der Waals surface area contributed by atoms with Crippen molar-refractivity contribution in [3.8, 4) is 5.75 Å². The average molecular weight is 298 g/mol. The Labute approximate surface area is 107 Å². The number of benzene rings is 1. The molecule has 17 heavy (non-hydrogen) atoms. The quantitative estimate of drug-likeness (QED) is 0.791. The van der Waals surface area contributed by atoms with Crippen LogP contribution in [0, 0.1) is 0 Å². The average Bonchev–Trinajstić information content (AvgIpc) is 2.63. The van der Waals surface area contributed by atoms with E-state index < -0.39 is 5.54 Å². The van der Waals surface area contributed by atoms with Crippen molar-refractivity contribution >= 4 is 21.8 Å². The lowest BCUT2D eigenvalue weighted by Gasteiger charge is -2.35. The summed E-state index contributed by atoms with van der Waals surface area (Å²) in [5.74, 6) is 0.716. The fraction of sp³-hybridized carbons (Fsp3) is 0.417. The Morgan fingerprint density at radius 3 is 3.06 bits per heavy atom. The molecule has 2 unspecified atom stereocenters. The predicted molar refractivity (Wildman–Crippen MR) is 64.9 cm³/mol. The van der Waals surface area contributed by atoms with Crippen molar-refractivity contribution in [1.82, 2.24) is 5.32 Å². The summed E-state index contributed by atoms with van der Waals surface area (Å²) in [5, 5.41) is 3.01. The Hall–Kier alpha value is -1.07. The summed E-state index contributed by atoms with van der Waals surface area (Å²) in [6, 6.07) is 5.82. The number of nitrogens with one attached hydrogen (secondary N) is 1. The second-order valence-corrected chi connectivity index (χ2v) is 5.37. The first-order chi connectivity index (χ1) is 8.11. The number of halogens is 1. The summed E-state index contributed by atoms with van der Waals surface area (Å²) < 4.78 is 12.1. The Balaban J connectivity index is 2.00. The van der Waals surface area contributed by atoms with Gasteiger partial charge in [0.2, 0.25) is 5.91 Å². The number of carbonyl (C=O) groups excluding carboxylic acids is 1. The first-order valence-electron chi connectivity index (χ1n) is 5.47. The van der Waals surface area contributed by atoms with Crippen molar-refractivity contribution in [3.05, 3.63) is 28.2 Å². The molecule has 2 aliphatic rings. The summed E-state index contributed by atoms with van der Waals surface area (Å²) in [7, 11) is 0. The molecule has 1 fully saturated rings. The molecule has 3 rings (SSSR count). The van der Waals surface area contributed by atoms with Crippen molar-refractivity contribution in [2.45, 2.75) is 18.6 Å². The van der Waals surface area contributed by atoms with Crippen LogP contribution in [0.4, 0.5) is 0 Å². The van der Waals surface area contributed by atoms with Gasteiger partial charge in [0.25, 0.3) is 0 Å². The van der Waals surface area contributed by atoms with Crippen LogP contribution in [0.3, 0.4) is 0 Å². The highest BCUT2D eigenvalue weighted by Crippen LogP contribution is 2.40. The van der Waals surface area contributed by atoms with E-state index >= 15 is 0 Å². The van der Waals surface area contributed by atoms with Gasteiger partial charge in [0, 0.05) is 10.0 Å². The number of amides is 1. The molecule has 1 N–H and O–H groups in total. The first-order valence-corrected chi connectivity index (χ1v) is 6.26. The van der Waals surface area contributed by atoms with Gasteiger partial charge in [-0.2, -0.15) is 0 Å². The highest BCUT2D eigenvalue weighted by atomic mass is 79.9. The number of rotatable bonds is 0. The van der Waals surface area contributed by atoms with E-state index in [0.717, 1.165) is 15.8 Å². The number of morpholine rings is 1. The molecule has 90 valence electrons. The maximum Gasteiger partial charge on any atom is 0.249 e. The molecule has 2 aliphatic heterocycles. The van der Waals surface area contributed by atoms with E-state index in [0.29, 0.717) is 13.2 Å². The molecule has 4 nitrogen and oxygen atoms in total. The van der Waals surface area contributed by atoms with E-state index in [2.05, 4.69) is 21.2 Å². The molecule has 0 radical (unpaired) electrons. The molecule has 2 heterocycles. The highest BCUT2D eigenvalue weighted by molar-refractivity contribution is 9.10. The van der Waals surface area contributed by atoms with Gasteiger partial charge in [-0.05, 0) is 19.1 Å². The van der Waals surface area contributed by atoms with Crippen molar-refractivity contribution < 1.29 is 14.3 Å². The minimum Gasteiger partial charge on any atom is -0.490 e. The van der Waals surface area contributed by atoms with E-state index in [-0.39, 0.29) is 12.0 Å². The zero-order valence-corrected chi connectivity index (χ0v) is 10.9. The van der Waals surface area contributed by atoms with E-state index in [1.807, 2.05) is 18.2 Å². The molecule has 0 aliphatic carbocycles. The van der Waals surface area contributed by atoms with Crippen molar-refractivity contribution in [3.63, 3.8) is 0 Å². The van der Waals surface area contributed by atoms with Crippen LogP contribution >= 0.6 is 15.9 Å². The number of fused-ring (bicyclic) bond motifs is 2. The van der Waals surface area contributed by atoms with Gasteiger partial charge in [0.1, 0.15) is 24.0 Å². The van der Waals surface area contributed by atoms with Crippen LogP contribution in [0.15, 0.2) is 22.7 Å². The second-order valence-electron chi connectivity index (χ2n) is 4.45. The van der Waals surface area contributed by atoms with Gasteiger partial charge in [-0.25, -0.2) is 0 Å². The maximum atomic E-state index is 11.7. The maximum absolute atomic E-state index is 11.7. The van der Waals surface area contributed by atoms with Crippen molar-refractivity contribution in [2.24, 2.45) is 0 Å². The lowest BCUT2D eigenvalue weighted by molar-refractivity contribution is -0.145. The molecular formula is C12H12BrNO3. The van der Waals surface area contributed by atoms with Crippen LogP contribution in [0.25, 0.3) is 0 Å². The van der Waals surface area contributed by atoms with Gasteiger partial charge < -0.3 is 14.8 Å². The Morgan fingerprint density at radius 1 is 1.47 bits per heavy atom. The van der Waals surface area contributed by atoms with Crippen LogP contribution in [0.5, 0.6) is 5.75 Å². The standard InChI is InChI=1S/C12H12BrNO3/c1-7-11(15)14-12(5-16-7)6-17-10-4-8(13)2-3-9(10)12/h2-4,7H,5-6H2,1H3,(H,14,15).